The summed E-state index contributed by atoms with van der Waals surface area (Å²) in [6.45, 7) is 0. The molecule has 15 heavy (non-hydrogen) atoms. The Morgan fingerprint density at radius 3 is 2.60 bits per heavy atom. The summed E-state index contributed by atoms with van der Waals surface area (Å²) in [7, 11) is 0. The van der Waals surface area contributed by atoms with Gasteiger partial charge in [-0.1, -0.05) is 11.6 Å². The van der Waals surface area contributed by atoms with Gasteiger partial charge in [0.2, 0.25) is 0 Å². The average molecular weight is 254 g/mol. The quantitative estimate of drug-likeness (QED) is 0.782. The Bertz CT molecular complexity index is 476. The highest BCUT2D eigenvalue weighted by molar-refractivity contribution is 7.10. The van der Waals surface area contributed by atoms with Crippen LogP contribution in [-0.2, 0) is 6.18 Å². The number of thiazole rings is 1. The molecule has 80 valence electrons. The van der Waals surface area contributed by atoms with Crippen molar-refractivity contribution in [1.82, 2.24) is 14.8 Å². The Hall–Kier alpha value is -1.08. The number of hydrogen-bond acceptors (Lipinski definition) is 3. The largest absolute Gasteiger partial charge is 0.443 e. The Labute approximate surface area is 91.1 Å². The Morgan fingerprint density at radius 1 is 1.40 bits per heavy atom. The van der Waals surface area contributed by atoms with Crippen LogP contribution in [0.1, 0.15) is 5.01 Å². The van der Waals surface area contributed by atoms with Crippen LogP contribution in [0.2, 0.25) is 5.02 Å². The second-order valence-corrected chi connectivity index (χ2v) is 3.91. The first-order chi connectivity index (χ1) is 6.97. The van der Waals surface area contributed by atoms with Crippen LogP contribution < -0.4 is 0 Å². The topological polar surface area (TPSA) is 30.7 Å². The molecule has 0 N–H and O–H groups in total. The summed E-state index contributed by atoms with van der Waals surface area (Å²) in [5, 5.41) is 4.46. The Morgan fingerprint density at radius 2 is 2.13 bits per heavy atom. The van der Waals surface area contributed by atoms with Gasteiger partial charge in [0.15, 0.2) is 10.8 Å². The lowest BCUT2D eigenvalue weighted by Gasteiger charge is -1.99. The van der Waals surface area contributed by atoms with Crippen LogP contribution in [0.5, 0.6) is 0 Å². The minimum absolute atomic E-state index is 0.110. The Balaban J connectivity index is 2.36. The third-order valence-electron chi connectivity index (χ3n) is 1.52. The molecule has 8 heteroatoms. The maximum absolute atomic E-state index is 12.2. The molecule has 2 aromatic rings. The van der Waals surface area contributed by atoms with Crippen molar-refractivity contribution in [1.29, 1.82) is 0 Å². The van der Waals surface area contributed by atoms with Gasteiger partial charge in [0.05, 0.1) is 17.4 Å². The van der Waals surface area contributed by atoms with E-state index >= 15 is 0 Å². The molecule has 0 aromatic carbocycles. The van der Waals surface area contributed by atoms with E-state index in [0.717, 1.165) is 0 Å². The van der Waals surface area contributed by atoms with Gasteiger partial charge in [0.25, 0.3) is 0 Å². The summed E-state index contributed by atoms with van der Waals surface area (Å²) in [5.41, 5.74) is 0. The molecule has 0 bridgehead atoms. The van der Waals surface area contributed by atoms with Gasteiger partial charge in [-0.15, -0.1) is 11.3 Å². The highest BCUT2D eigenvalue weighted by atomic mass is 35.5. The van der Waals surface area contributed by atoms with E-state index in [-0.39, 0.29) is 5.82 Å². The second kappa shape index (κ2) is 3.49. The summed E-state index contributed by atoms with van der Waals surface area (Å²) in [5.74, 6) is 0.110. The van der Waals surface area contributed by atoms with Crippen LogP contribution in [0.3, 0.4) is 0 Å². The molecule has 2 aromatic heterocycles. The normalized spacial score (nSPS) is 12.0. The van der Waals surface area contributed by atoms with Crippen molar-refractivity contribution >= 4 is 22.9 Å². The van der Waals surface area contributed by atoms with Gasteiger partial charge in [-0.05, 0) is 0 Å². The molecule has 0 unspecified atom stereocenters. The number of nitrogens with zero attached hydrogens (tertiary/aromatic N) is 3. The van der Waals surface area contributed by atoms with Gasteiger partial charge < -0.3 is 0 Å². The molecule has 2 heterocycles. The summed E-state index contributed by atoms with van der Waals surface area (Å²) < 4.78 is 37.8. The fraction of sp³-hybridized carbons (Fsp3) is 0.143. The molecule has 0 aliphatic rings. The fourth-order valence-corrected chi connectivity index (χ4v) is 1.72. The van der Waals surface area contributed by atoms with Crippen molar-refractivity contribution in [3.05, 3.63) is 27.8 Å². The summed E-state index contributed by atoms with van der Waals surface area (Å²) in [6.07, 6.45) is -1.70. The first-order valence-corrected chi connectivity index (χ1v) is 4.96. The average Bonchev–Trinajstić information content (AvgIpc) is 2.69. The number of rotatable bonds is 1. The number of hydrogen-bond donors (Lipinski definition) is 0. The van der Waals surface area contributed by atoms with Crippen molar-refractivity contribution in [3.63, 3.8) is 0 Å². The number of halogens is 4. The van der Waals surface area contributed by atoms with Crippen molar-refractivity contribution in [3.8, 4) is 5.82 Å². The van der Waals surface area contributed by atoms with Crippen LogP contribution in [0.25, 0.3) is 5.82 Å². The molecule has 0 spiro atoms. The van der Waals surface area contributed by atoms with E-state index < -0.39 is 11.2 Å². The van der Waals surface area contributed by atoms with Crippen molar-refractivity contribution in [2.24, 2.45) is 0 Å². The minimum Gasteiger partial charge on any atom is -0.220 e. The summed E-state index contributed by atoms with van der Waals surface area (Å²) in [6, 6.07) is 0. The summed E-state index contributed by atoms with van der Waals surface area (Å²) >= 11 is 6.10. The van der Waals surface area contributed by atoms with Gasteiger partial charge in [0.1, 0.15) is 0 Å². The number of aromatic nitrogens is 3. The van der Waals surface area contributed by atoms with E-state index in [1.807, 2.05) is 0 Å². The first-order valence-electron chi connectivity index (χ1n) is 3.70. The van der Waals surface area contributed by atoms with E-state index in [4.69, 9.17) is 11.6 Å². The van der Waals surface area contributed by atoms with Crippen LogP contribution in [0.15, 0.2) is 17.8 Å². The van der Waals surface area contributed by atoms with Gasteiger partial charge in [-0.3, -0.25) is 0 Å². The smallest absolute Gasteiger partial charge is 0.220 e. The van der Waals surface area contributed by atoms with E-state index in [1.54, 1.807) is 0 Å². The zero-order valence-corrected chi connectivity index (χ0v) is 8.57. The molecular formula is C7H3ClF3N3S. The monoisotopic (exact) mass is 253 g/mol. The highest BCUT2D eigenvalue weighted by Crippen LogP contribution is 2.32. The van der Waals surface area contributed by atoms with E-state index in [9.17, 15) is 13.2 Å². The van der Waals surface area contributed by atoms with Crippen molar-refractivity contribution < 1.29 is 13.2 Å². The van der Waals surface area contributed by atoms with Gasteiger partial charge in [-0.2, -0.15) is 18.3 Å². The lowest BCUT2D eigenvalue weighted by Crippen LogP contribution is -2.05. The maximum atomic E-state index is 12.2. The molecule has 0 aliphatic heterocycles. The number of alkyl halides is 3. The Kier molecular flexibility index (Phi) is 2.43. The zero-order chi connectivity index (χ0) is 11.1. The first kappa shape index (κ1) is 10.4. The van der Waals surface area contributed by atoms with Gasteiger partial charge in [0, 0.05) is 5.38 Å². The molecule has 0 saturated carbocycles. The van der Waals surface area contributed by atoms with Crippen molar-refractivity contribution in [2.45, 2.75) is 6.18 Å². The highest BCUT2D eigenvalue weighted by Gasteiger charge is 2.34. The van der Waals surface area contributed by atoms with Crippen LogP contribution in [0, 0.1) is 0 Å². The molecule has 0 atom stereocenters. The molecule has 3 nitrogen and oxygen atoms in total. The molecule has 0 amide bonds. The predicted octanol–water partition coefficient (Wildman–Crippen LogP) is 3.00. The van der Waals surface area contributed by atoms with Crippen LogP contribution in [0.4, 0.5) is 13.2 Å². The molecule has 0 saturated heterocycles. The van der Waals surface area contributed by atoms with Gasteiger partial charge in [-0.25, -0.2) is 9.67 Å². The third kappa shape index (κ3) is 2.13. The van der Waals surface area contributed by atoms with E-state index in [0.29, 0.717) is 16.4 Å². The molecule has 0 fully saturated rings. The fourth-order valence-electron chi connectivity index (χ4n) is 0.927. The lowest BCUT2D eigenvalue weighted by molar-refractivity contribution is -0.137. The zero-order valence-electron chi connectivity index (χ0n) is 6.99. The SMILES string of the molecule is FC(F)(F)c1nc(-n2cc(Cl)cn2)cs1. The lowest BCUT2D eigenvalue weighted by atomic mass is 10.6. The van der Waals surface area contributed by atoms with Crippen LogP contribution >= 0.6 is 22.9 Å². The van der Waals surface area contributed by atoms with E-state index in [2.05, 4.69) is 10.1 Å². The van der Waals surface area contributed by atoms with Gasteiger partial charge >= 0.3 is 6.18 Å². The second-order valence-electron chi connectivity index (χ2n) is 2.61. The molecule has 0 radical (unpaired) electrons. The molecule has 0 aliphatic carbocycles. The maximum Gasteiger partial charge on any atom is 0.443 e. The summed E-state index contributed by atoms with van der Waals surface area (Å²) in [4.78, 5) is 3.40. The molecule has 2 rings (SSSR count). The van der Waals surface area contributed by atoms with Crippen LogP contribution in [-0.4, -0.2) is 14.8 Å². The minimum atomic E-state index is -4.42. The molecular weight excluding hydrogens is 251 g/mol. The van der Waals surface area contributed by atoms with E-state index in [1.165, 1.54) is 22.5 Å². The van der Waals surface area contributed by atoms with Crippen molar-refractivity contribution in [2.75, 3.05) is 0 Å². The predicted molar refractivity (Wildman–Crippen MR) is 49.2 cm³/mol. The third-order valence-corrected chi connectivity index (χ3v) is 2.59. The standard InChI is InChI=1S/C7H3ClF3N3S/c8-4-1-12-14(2-4)5-3-15-6(13-5)7(9,10)11/h1-3H.